The van der Waals surface area contributed by atoms with Crippen molar-refractivity contribution in [2.24, 2.45) is 0 Å². The fraction of sp³-hybridized carbons (Fsp3) is 0.318. The van der Waals surface area contributed by atoms with Gasteiger partial charge >= 0.3 is 0 Å². The second-order valence-corrected chi connectivity index (χ2v) is 7.31. The van der Waals surface area contributed by atoms with Crippen molar-refractivity contribution in [2.75, 3.05) is 27.3 Å². The summed E-state index contributed by atoms with van der Waals surface area (Å²) >= 11 is 6.08. The minimum absolute atomic E-state index is 0.691. The summed E-state index contributed by atoms with van der Waals surface area (Å²) in [6.07, 6.45) is 1.93. The maximum absolute atomic E-state index is 6.08. The van der Waals surface area contributed by atoms with E-state index in [-0.39, 0.29) is 0 Å². The number of hydrogen-bond donors (Lipinski definition) is 1. The Morgan fingerprint density at radius 2 is 1.75 bits per heavy atom. The van der Waals surface area contributed by atoms with Crippen molar-refractivity contribution in [3.63, 3.8) is 0 Å². The Morgan fingerprint density at radius 3 is 2.50 bits per heavy atom. The minimum atomic E-state index is 0.691. The molecular formula is C22H24ClN3O2. The van der Waals surface area contributed by atoms with E-state index in [0.717, 1.165) is 59.3 Å². The van der Waals surface area contributed by atoms with E-state index >= 15 is 0 Å². The molecule has 146 valence electrons. The summed E-state index contributed by atoms with van der Waals surface area (Å²) in [5.74, 6) is 1.47. The molecular weight excluding hydrogens is 374 g/mol. The molecule has 0 unspecified atom stereocenters. The lowest BCUT2D eigenvalue weighted by molar-refractivity contribution is 0.354. The monoisotopic (exact) mass is 397 g/mol. The first-order chi connectivity index (χ1) is 13.7. The van der Waals surface area contributed by atoms with E-state index < -0.39 is 0 Å². The molecule has 1 N–H and O–H groups in total. The highest BCUT2D eigenvalue weighted by molar-refractivity contribution is 6.30. The molecule has 0 amide bonds. The number of fused-ring (bicyclic) bond motifs is 1. The molecule has 4 rings (SSSR count). The Balaban J connectivity index is 1.74. The van der Waals surface area contributed by atoms with Crippen molar-refractivity contribution in [2.45, 2.75) is 19.4 Å². The molecule has 6 heteroatoms. The molecule has 2 heterocycles. The van der Waals surface area contributed by atoms with Crippen LogP contribution in [0.15, 0.2) is 42.5 Å². The maximum atomic E-state index is 6.08. The second-order valence-electron chi connectivity index (χ2n) is 6.88. The Kier molecular flexibility index (Phi) is 5.55. The van der Waals surface area contributed by atoms with Gasteiger partial charge in [-0.25, -0.2) is 0 Å². The molecule has 1 aliphatic rings. The smallest absolute Gasteiger partial charge is 0.161 e. The standard InChI is InChI=1S/C22H24ClN3O2/c1-27-20-8-3-15(13-21(20)28-2)14-26-19-10-12-24-11-9-18(19)22(25-26)16-4-6-17(23)7-5-16/h3-8,13,24H,9-12,14H2,1-2H3. The van der Waals surface area contributed by atoms with Crippen molar-refractivity contribution < 1.29 is 9.47 Å². The van der Waals surface area contributed by atoms with Crippen molar-refractivity contribution in [3.8, 4) is 22.8 Å². The van der Waals surface area contributed by atoms with Crippen molar-refractivity contribution >= 4 is 11.6 Å². The Hall–Kier alpha value is -2.50. The molecule has 1 aliphatic heterocycles. The van der Waals surface area contributed by atoms with Crippen LogP contribution in [0.3, 0.4) is 0 Å². The van der Waals surface area contributed by atoms with Gasteiger partial charge in [0.1, 0.15) is 0 Å². The number of ether oxygens (including phenoxy) is 2. The molecule has 0 fully saturated rings. The number of methoxy groups -OCH3 is 2. The number of nitrogens with zero attached hydrogens (tertiary/aromatic N) is 2. The van der Waals surface area contributed by atoms with Crippen LogP contribution < -0.4 is 14.8 Å². The van der Waals surface area contributed by atoms with Crippen LogP contribution in [-0.4, -0.2) is 37.1 Å². The molecule has 5 nitrogen and oxygen atoms in total. The van der Waals surface area contributed by atoms with Crippen LogP contribution in [0.5, 0.6) is 11.5 Å². The van der Waals surface area contributed by atoms with E-state index in [1.807, 2.05) is 36.4 Å². The number of aromatic nitrogens is 2. The van der Waals surface area contributed by atoms with E-state index in [0.29, 0.717) is 6.54 Å². The lowest BCUT2D eigenvalue weighted by Gasteiger charge is -2.11. The van der Waals surface area contributed by atoms with E-state index in [4.69, 9.17) is 26.2 Å². The Morgan fingerprint density at radius 1 is 1.00 bits per heavy atom. The van der Waals surface area contributed by atoms with Crippen LogP contribution in [0.25, 0.3) is 11.3 Å². The predicted molar refractivity (Wildman–Crippen MR) is 112 cm³/mol. The lowest BCUT2D eigenvalue weighted by Crippen LogP contribution is -2.17. The summed E-state index contributed by atoms with van der Waals surface area (Å²) in [5.41, 5.74) is 5.91. The van der Waals surface area contributed by atoms with E-state index in [2.05, 4.69) is 16.1 Å². The van der Waals surface area contributed by atoms with E-state index in [1.165, 1.54) is 11.3 Å². The van der Waals surface area contributed by atoms with Crippen LogP contribution in [0.2, 0.25) is 5.02 Å². The van der Waals surface area contributed by atoms with Gasteiger partial charge in [0, 0.05) is 34.8 Å². The average Bonchev–Trinajstić information content (AvgIpc) is 2.89. The summed E-state index contributed by atoms with van der Waals surface area (Å²) in [6, 6.07) is 14.0. The normalized spacial score (nSPS) is 13.7. The van der Waals surface area contributed by atoms with Gasteiger partial charge in [0.05, 0.1) is 26.5 Å². The zero-order valence-corrected chi connectivity index (χ0v) is 16.9. The van der Waals surface area contributed by atoms with Crippen LogP contribution in [0.4, 0.5) is 0 Å². The average molecular weight is 398 g/mol. The highest BCUT2D eigenvalue weighted by Crippen LogP contribution is 2.31. The van der Waals surface area contributed by atoms with Gasteiger partial charge < -0.3 is 14.8 Å². The van der Waals surface area contributed by atoms with Gasteiger partial charge in [-0.1, -0.05) is 29.8 Å². The molecule has 0 aliphatic carbocycles. The summed E-state index contributed by atoms with van der Waals surface area (Å²) in [5, 5.41) is 9.23. The number of halogens is 1. The molecule has 0 spiro atoms. The van der Waals surface area contributed by atoms with Gasteiger partial charge in [0.25, 0.3) is 0 Å². The molecule has 2 aromatic carbocycles. The second kappa shape index (κ2) is 8.25. The van der Waals surface area contributed by atoms with Crippen LogP contribution in [0, 0.1) is 0 Å². The highest BCUT2D eigenvalue weighted by atomic mass is 35.5. The maximum Gasteiger partial charge on any atom is 0.161 e. The summed E-state index contributed by atoms with van der Waals surface area (Å²) in [4.78, 5) is 0. The van der Waals surface area contributed by atoms with Crippen molar-refractivity contribution in [1.82, 2.24) is 15.1 Å². The Bertz CT molecular complexity index is 967. The number of nitrogens with one attached hydrogen (secondary N) is 1. The Labute approximate surface area is 170 Å². The fourth-order valence-electron chi connectivity index (χ4n) is 3.74. The fourth-order valence-corrected chi connectivity index (χ4v) is 3.87. The molecule has 3 aromatic rings. The van der Waals surface area contributed by atoms with Gasteiger partial charge in [0.15, 0.2) is 11.5 Å². The first kappa shape index (κ1) is 18.8. The molecule has 0 radical (unpaired) electrons. The van der Waals surface area contributed by atoms with E-state index in [9.17, 15) is 0 Å². The van der Waals surface area contributed by atoms with Crippen LogP contribution in [0.1, 0.15) is 16.8 Å². The molecule has 1 aromatic heterocycles. The van der Waals surface area contributed by atoms with Gasteiger partial charge in [-0.15, -0.1) is 0 Å². The topological polar surface area (TPSA) is 48.3 Å². The third-order valence-corrected chi connectivity index (χ3v) is 5.41. The van der Waals surface area contributed by atoms with Gasteiger partial charge in [-0.2, -0.15) is 5.10 Å². The SMILES string of the molecule is COc1ccc(Cn2nc(-c3ccc(Cl)cc3)c3c2CCNCC3)cc1OC. The van der Waals surface area contributed by atoms with Crippen molar-refractivity contribution in [1.29, 1.82) is 0 Å². The van der Waals surface area contributed by atoms with Crippen LogP contribution >= 0.6 is 11.6 Å². The zero-order valence-electron chi connectivity index (χ0n) is 16.2. The minimum Gasteiger partial charge on any atom is -0.493 e. The predicted octanol–water partition coefficient (Wildman–Crippen LogP) is 3.96. The molecule has 0 atom stereocenters. The summed E-state index contributed by atoms with van der Waals surface area (Å²) in [7, 11) is 3.31. The third-order valence-electron chi connectivity index (χ3n) is 5.15. The number of hydrogen-bond acceptors (Lipinski definition) is 4. The zero-order chi connectivity index (χ0) is 19.5. The summed E-state index contributed by atoms with van der Waals surface area (Å²) in [6.45, 7) is 2.62. The number of rotatable bonds is 5. The largest absolute Gasteiger partial charge is 0.493 e. The highest BCUT2D eigenvalue weighted by Gasteiger charge is 2.21. The third kappa shape index (κ3) is 3.73. The molecule has 0 saturated carbocycles. The summed E-state index contributed by atoms with van der Waals surface area (Å²) < 4.78 is 12.9. The molecule has 0 saturated heterocycles. The van der Waals surface area contributed by atoms with Crippen molar-refractivity contribution in [3.05, 3.63) is 64.3 Å². The first-order valence-corrected chi connectivity index (χ1v) is 9.83. The molecule has 28 heavy (non-hydrogen) atoms. The van der Waals surface area contributed by atoms with Gasteiger partial charge in [-0.05, 0) is 42.8 Å². The number of benzene rings is 2. The quantitative estimate of drug-likeness (QED) is 0.708. The van der Waals surface area contributed by atoms with Gasteiger partial charge in [0.2, 0.25) is 0 Å². The van der Waals surface area contributed by atoms with Crippen LogP contribution in [-0.2, 0) is 19.4 Å². The lowest BCUT2D eigenvalue weighted by atomic mass is 10.0. The first-order valence-electron chi connectivity index (χ1n) is 9.45. The van der Waals surface area contributed by atoms with Gasteiger partial charge in [-0.3, -0.25) is 4.68 Å². The molecule has 0 bridgehead atoms. The van der Waals surface area contributed by atoms with E-state index in [1.54, 1.807) is 14.2 Å².